The standard InChI is InChI=1S/C17H20N2O3S2/c1-5-14-10(2)8-15(24-14)17(21)19-18-16(20)12-7-6-11(23-4)9-13(12)22-3/h6-9H,5H2,1-4H3,(H,18,20)(H,19,21). The van der Waals surface area contributed by atoms with E-state index in [9.17, 15) is 9.59 Å². The number of methoxy groups -OCH3 is 1. The van der Waals surface area contributed by atoms with Crippen molar-refractivity contribution < 1.29 is 14.3 Å². The average Bonchev–Trinajstić information content (AvgIpc) is 2.99. The lowest BCUT2D eigenvalue weighted by Crippen LogP contribution is -2.41. The molecule has 2 aromatic rings. The number of rotatable bonds is 5. The van der Waals surface area contributed by atoms with Crippen LogP contribution < -0.4 is 15.6 Å². The summed E-state index contributed by atoms with van der Waals surface area (Å²) in [7, 11) is 1.51. The number of ether oxygens (including phenoxy) is 1. The number of hydrogen-bond donors (Lipinski definition) is 2. The highest BCUT2D eigenvalue weighted by Gasteiger charge is 2.16. The van der Waals surface area contributed by atoms with Crippen LogP contribution in [0, 0.1) is 6.92 Å². The summed E-state index contributed by atoms with van der Waals surface area (Å²) in [5, 5.41) is 0. The zero-order chi connectivity index (χ0) is 17.7. The molecule has 0 spiro atoms. The zero-order valence-electron chi connectivity index (χ0n) is 14.1. The molecule has 1 aromatic carbocycles. The van der Waals surface area contributed by atoms with E-state index in [4.69, 9.17) is 4.74 Å². The fourth-order valence-corrected chi connectivity index (χ4v) is 3.65. The molecule has 0 fully saturated rings. The van der Waals surface area contributed by atoms with Gasteiger partial charge in [0, 0.05) is 9.77 Å². The summed E-state index contributed by atoms with van der Waals surface area (Å²) >= 11 is 3.00. The third kappa shape index (κ3) is 4.10. The summed E-state index contributed by atoms with van der Waals surface area (Å²) in [5.74, 6) is -0.276. The minimum atomic E-state index is -0.420. The van der Waals surface area contributed by atoms with Crippen molar-refractivity contribution in [2.45, 2.75) is 25.2 Å². The van der Waals surface area contributed by atoms with Crippen molar-refractivity contribution in [3.05, 3.63) is 45.1 Å². The van der Waals surface area contributed by atoms with Gasteiger partial charge >= 0.3 is 0 Å². The fraction of sp³-hybridized carbons (Fsp3) is 0.294. The Morgan fingerprint density at radius 1 is 1.21 bits per heavy atom. The molecular formula is C17H20N2O3S2. The van der Waals surface area contributed by atoms with E-state index >= 15 is 0 Å². The normalized spacial score (nSPS) is 10.3. The molecule has 1 heterocycles. The van der Waals surface area contributed by atoms with Gasteiger partial charge in [-0.25, -0.2) is 0 Å². The van der Waals surface area contributed by atoms with Gasteiger partial charge in [0.15, 0.2) is 0 Å². The first-order valence-electron chi connectivity index (χ1n) is 7.42. The highest BCUT2D eigenvalue weighted by Crippen LogP contribution is 2.25. The van der Waals surface area contributed by atoms with Crippen LogP contribution in [0.25, 0.3) is 0 Å². The number of thiophene rings is 1. The lowest BCUT2D eigenvalue weighted by molar-refractivity contribution is 0.0847. The van der Waals surface area contributed by atoms with Crippen LogP contribution in [-0.2, 0) is 6.42 Å². The van der Waals surface area contributed by atoms with Crippen molar-refractivity contribution in [2.24, 2.45) is 0 Å². The summed E-state index contributed by atoms with van der Waals surface area (Å²) in [5.41, 5.74) is 6.35. The fourth-order valence-electron chi connectivity index (χ4n) is 2.21. The van der Waals surface area contributed by atoms with Crippen molar-refractivity contribution in [3.63, 3.8) is 0 Å². The Morgan fingerprint density at radius 3 is 2.50 bits per heavy atom. The number of carbonyl (C=O) groups excluding carboxylic acids is 2. The Bertz CT molecular complexity index is 756. The Kier molecular flexibility index (Phi) is 6.28. The summed E-state index contributed by atoms with van der Waals surface area (Å²) < 4.78 is 5.25. The molecule has 0 aliphatic carbocycles. The van der Waals surface area contributed by atoms with Gasteiger partial charge in [-0.3, -0.25) is 20.4 Å². The van der Waals surface area contributed by atoms with Crippen LogP contribution in [0.5, 0.6) is 5.75 Å². The number of nitrogens with one attached hydrogen (secondary N) is 2. The van der Waals surface area contributed by atoms with Gasteiger partial charge in [-0.05, 0) is 49.4 Å². The highest BCUT2D eigenvalue weighted by molar-refractivity contribution is 7.98. The minimum absolute atomic E-state index is 0.323. The summed E-state index contributed by atoms with van der Waals surface area (Å²) in [4.78, 5) is 27.2. The van der Waals surface area contributed by atoms with Crippen LogP contribution in [0.1, 0.15) is 37.4 Å². The van der Waals surface area contributed by atoms with Gasteiger partial charge in [0.2, 0.25) is 0 Å². The van der Waals surface area contributed by atoms with Crippen LogP contribution >= 0.6 is 23.1 Å². The van der Waals surface area contributed by atoms with E-state index in [0.29, 0.717) is 16.2 Å². The first kappa shape index (κ1) is 18.4. The van der Waals surface area contributed by atoms with Gasteiger partial charge in [-0.2, -0.15) is 0 Å². The number of carbonyl (C=O) groups is 2. The minimum Gasteiger partial charge on any atom is -0.496 e. The SMILES string of the molecule is CCc1sc(C(=O)NNC(=O)c2ccc(SC)cc2OC)cc1C. The van der Waals surface area contributed by atoms with E-state index < -0.39 is 5.91 Å². The van der Waals surface area contributed by atoms with E-state index in [1.54, 1.807) is 23.9 Å². The van der Waals surface area contributed by atoms with Crippen LogP contribution in [0.15, 0.2) is 29.2 Å². The Labute approximate surface area is 149 Å². The van der Waals surface area contributed by atoms with E-state index in [1.165, 1.54) is 23.3 Å². The second-order valence-corrected chi connectivity index (χ2v) is 7.06. The molecule has 2 rings (SSSR count). The molecule has 0 atom stereocenters. The van der Waals surface area contributed by atoms with E-state index in [1.807, 2.05) is 32.2 Å². The maximum atomic E-state index is 12.3. The van der Waals surface area contributed by atoms with E-state index in [2.05, 4.69) is 10.9 Å². The molecule has 24 heavy (non-hydrogen) atoms. The van der Waals surface area contributed by atoms with Gasteiger partial charge in [-0.1, -0.05) is 6.92 Å². The maximum absolute atomic E-state index is 12.3. The van der Waals surface area contributed by atoms with Crippen molar-refractivity contribution >= 4 is 34.9 Å². The number of amides is 2. The summed E-state index contributed by atoms with van der Waals surface area (Å²) in [6.07, 6.45) is 2.83. The molecule has 0 aliphatic heterocycles. The molecule has 0 saturated heterocycles. The lowest BCUT2D eigenvalue weighted by Gasteiger charge is -2.11. The van der Waals surface area contributed by atoms with Gasteiger partial charge in [0.1, 0.15) is 5.75 Å². The number of aryl methyl sites for hydroxylation is 2. The van der Waals surface area contributed by atoms with Crippen molar-refractivity contribution in [2.75, 3.05) is 13.4 Å². The number of hydrazine groups is 1. The number of hydrogen-bond acceptors (Lipinski definition) is 5. The molecule has 0 saturated carbocycles. The Morgan fingerprint density at radius 2 is 1.92 bits per heavy atom. The summed E-state index contributed by atoms with van der Waals surface area (Å²) in [6, 6.07) is 7.13. The molecule has 128 valence electrons. The maximum Gasteiger partial charge on any atom is 0.279 e. The molecule has 5 nitrogen and oxygen atoms in total. The van der Waals surface area contributed by atoms with Gasteiger partial charge in [-0.15, -0.1) is 23.1 Å². The second kappa shape index (κ2) is 8.21. The molecular weight excluding hydrogens is 344 g/mol. The second-order valence-electron chi connectivity index (χ2n) is 5.04. The molecule has 0 radical (unpaired) electrons. The van der Waals surface area contributed by atoms with E-state index in [0.717, 1.165) is 16.9 Å². The molecule has 0 unspecified atom stereocenters. The summed E-state index contributed by atoms with van der Waals surface area (Å²) in [6.45, 7) is 4.02. The van der Waals surface area contributed by atoms with Crippen LogP contribution in [0.3, 0.4) is 0 Å². The third-order valence-electron chi connectivity index (χ3n) is 3.51. The quantitative estimate of drug-likeness (QED) is 0.630. The van der Waals surface area contributed by atoms with E-state index in [-0.39, 0.29) is 5.91 Å². The van der Waals surface area contributed by atoms with Crippen molar-refractivity contribution in [1.82, 2.24) is 10.9 Å². The molecule has 1 aromatic heterocycles. The van der Waals surface area contributed by atoms with Crippen LogP contribution in [-0.4, -0.2) is 25.2 Å². The molecule has 2 N–H and O–H groups in total. The molecule has 7 heteroatoms. The smallest absolute Gasteiger partial charge is 0.279 e. The van der Waals surface area contributed by atoms with Crippen LogP contribution in [0.4, 0.5) is 0 Å². The topological polar surface area (TPSA) is 67.4 Å². The van der Waals surface area contributed by atoms with Crippen LogP contribution in [0.2, 0.25) is 0 Å². The number of benzene rings is 1. The van der Waals surface area contributed by atoms with Gasteiger partial charge in [0.25, 0.3) is 11.8 Å². The largest absolute Gasteiger partial charge is 0.496 e. The first-order valence-corrected chi connectivity index (χ1v) is 9.46. The zero-order valence-corrected chi connectivity index (χ0v) is 15.7. The average molecular weight is 364 g/mol. The predicted octanol–water partition coefficient (Wildman–Crippen LogP) is 3.42. The first-order chi connectivity index (χ1) is 11.5. The van der Waals surface area contributed by atoms with Crippen molar-refractivity contribution in [1.29, 1.82) is 0 Å². The van der Waals surface area contributed by atoms with Crippen molar-refractivity contribution in [3.8, 4) is 5.75 Å². The lowest BCUT2D eigenvalue weighted by atomic mass is 10.2. The Balaban J connectivity index is 2.06. The monoisotopic (exact) mass is 364 g/mol. The Hall–Kier alpha value is -1.99. The molecule has 0 bridgehead atoms. The highest BCUT2D eigenvalue weighted by atomic mass is 32.2. The molecule has 0 aliphatic rings. The third-order valence-corrected chi connectivity index (χ3v) is 5.61. The van der Waals surface area contributed by atoms with Gasteiger partial charge in [0.05, 0.1) is 17.6 Å². The van der Waals surface area contributed by atoms with Gasteiger partial charge < -0.3 is 4.74 Å². The molecule has 2 amide bonds. The number of thioether (sulfide) groups is 1. The predicted molar refractivity (Wildman–Crippen MR) is 98.1 cm³/mol.